The lowest BCUT2D eigenvalue weighted by atomic mass is 10.0. The van der Waals surface area contributed by atoms with E-state index in [1.54, 1.807) is 4.90 Å². The molecule has 0 spiro atoms. The van der Waals surface area contributed by atoms with Crippen LogP contribution in [0.3, 0.4) is 0 Å². The minimum atomic E-state index is -0.807. The summed E-state index contributed by atoms with van der Waals surface area (Å²) in [5, 5.41) is 8.57. The number of allylic oxidation sites excluding steroid dienone is 1. The number of amides is 1. The summed E-state index contributed by atoms with van der Waals surface area (Å²) in [6.45, 7) is 2.44. The first-order chi connectivity index (χ1) is 13.0. The molecular formula is C21H24N2O4. The van der Waals surface area contributed by atoms with Gasteiger partial charge in [-0.2, -0.15) is 0 Å². The average molecular weight is 368 g/mol. The Morgan fingerprint density at radius 1 is 1.33 bits per heavy atom. The van der Waals surface area contributed by atoms with Crippen molar-refractivity contribution in [2.75, 3.05) is 6.54 Å². The lowest BCUT2D eigenvalue weighted by molar-refractivity contribution is -0.142. The molecule has 0 aromatic carbocycles. The summed E-state index contributed by atoms with van der Waals surface area (Å²) in [6.07, 6.45) is 6.40. The number of aromatic nitrogens is 1. The minimum Gasteiger partial charge on any atom is -0.481 e. The van der Waals surface area contributed by atoms with Gasteiger partial charge in [-0.3, -0.25) is 19.4 Å². The Morgan fingerprint density at radius 2 is 2.11 bits per heavy atom. The molecule has 2 rings (SSSR count). The highest BCUT2D eigenvalue weighted by Gasteiger charge is 2.33. The maximum atomic E-state index is 12.1. The Morgan fingerprint density at radius 3 is 2.81 bits per heavy atom. The molecule has 1 aliphatic heterocycles. The number of carboxylic acid groups (broad SMARTS) is 1. The zero-order valence-electron chi connectivity index (χ0n) is 15.5. The van der Waals surface area contributed by atoms with E-state index < -0.39 is 5.97 Å². The largest absolute Gasteiger partial charge is 0.481 e. The highest BCUT2D eigenvalue weighted by Crippen LogP contribution is 2.18. The van der Waals surface area contributed by atoms with Gasteiger partial charge in [-0.1, -0.05) is 31.1 Å². The number of hydrogen-bond acceptors (Lipinski definition) is 4. The van der Waals surface area contributed by atoms with Crippen LogP contribution in [0, 0.1) is 11.8 Å². The van der Waals surface area contributed by atoms with Crippen molar-refractivity contribution in [1.82, 2.24) is 9.88 Å². The average Bonchev–Trinajstić information content (AvgIpc) is 2.64. The van der Waals surface area contributed by atoms with Crippen LogP contribution in [0.2, 0.25) is 0 Å². The van der Waals surface area contributed by atoms with E-state index in [0.29, 0.717) is 31.5 Å². The Balaban J connectivity index is 1.80. The number of Topliss-reactive ketones (excluding diaryl/α,β-unsaturated/α-hetero) is 1. The molecule has 27 heavy (non-hydrogen) atoms. The number of carbonyl (C=O) groups excluding carboxylic acids is 2. The van der Waals surface area contributed by atoms with Gasteiger partial charge >= 0.3 is 5.97 Å². The van der Waals surface area contributed by atoms with Gasteiger partial charge in [0, 0.05) is 24.4 Å². The standard InChI is InChI=1S/C21H24N2O4/c1-2-16-8-7-9-17(22-16)14-19(24)12-11-18-15-20(25)23(18)13-6-4-3-5-10-21(26)27/h4,6-9,18H,2-3,5,10,13-15H2,1H3,(H,26,27)/b6-4-/t18-/m0/s1. The SMILES string of the molecule is CCc1cccc(CC(=O)C#C[C@H]2CC(=O)N2C/C=C\CCCC(=O)O)n1. The van der Waals surface area contributed by atoms with Crippen LogP contribution in [0.15, 0.2) is 30.4 Å². The number of aryl methyl sites for hydroxylation is 1. The summed E-state index contributed by atoms with van der Waals surface area (Å²) >= 11 is 0. The number of carboxylic acids is 1. The first-order valence-electron chi connectivity index (χ1n) is 9.15. The van der Waals surface area contributed by atoms with Gasteiger partial charge in [0.15, 0.2) is 0 Å². The molecule has 0 radical (unpaired) electrons. The van der Waals surface area contributed by atoms with E-state index in [4.69, 9.17) is 5.11 Å². The molecule has 2 heterocycles. The summed E-state index contributed by atoms with van der Waals surface area (Å²) < 4.78 is 0. The number of likely N-dealkylation sites (tertiary alicyclic amines) is 1. The molecule has 1 aromatic rings. The Hall–Kier alpha value is -2.94. The van der Waals surface area contributed by atoms with Crippen LogP contribution in [0.25, 0.3) is 0 Å². The zero-order valence-corrected chi connectivity index (χ0v) is 15.5. The molecule has 6 nitrogen and oxygen atoms in total. The van der Waals surface area contributed by atoms with Gasteiger partial charge in [-0.05, 0) is 37.3 Å². The second-order valence-electron chi connectivity index (χ2n) is 6.37. The molecule has 1 atom stereocenters. The number of aliphatic carboxylic acids is 1. The van der Waals surface area contributed by atoms with Crippen molar-refractivity contribution in [3.05, 3.63) is 41.7 Å². The van der Waals surface area contributed by atoms with E-state index in [1.165, 1.54) is 0 Å². The number of hydrogen-bond donors (Lipinski definition) is 1. The molecule has 1 aliphatic rings. The quantitative estimate of drug-likeness (QED) is 0.237. The Bertz CT molecular complexity index is 789. The minimum absolute atomic E-state index is 0.00856. The molecular weight excluding hydrogens is 344 g/mol. The van der Waals surface area contributed by atoms with Gasteiger partial charge < -0.3 is 10.0 Å². The number of β-lactam (4-membered cyclic amide) rings is 1. The predicted octanol–water partition coefficient (Wildman–Crippen LogP) is 2.17. The van der Waals surface area contributed by atoms with Crippen LogP contribution < -0.4 is 0 Å². The fourth-order valence-electron chi connectivity index (χ4n) is 2.69. The third-order valence-electron chi connectivity index (χ3n) is 4.24. The van der Waals surface area contributed by atoms with Crippen LogP contribution in [-0.4, -0.2) is 45.2 Å². The van der Waals surface area contributed by atoms with Crippen molar-refractivity contribution in [2.24, 2.45) is 0 Å². The second-order valence-corrected chi connectivity index (χ2v) is 6.37. The van der Waals surface area contributed by atoms with Gasteiger partial charge in [-0.15, -0.1) is 0 Å². The zero-order chi connectivity index (χ0) is 19.6. The lowest BCUT2D eigenvalue weighted by Crippen LogP contribution is -2.51. The van der Waals surface area contributed by atoms with Crippen LogP contribution in [0.4, 0.5) is 0 Å². The molecule has 1 aromatic heterocycles. The fraction of sp³-hybridized carbons (Fsp3) is 0.429. The van der Waals surface area contributed by atoms with E-state index in [-0.39, 0.29) is 30.6 Å². The van der Waals surface area contributed by atoms with Gasteiger partial charge in [0.1, 0.15) is 6.04 Å². The van der Waals surface area contributed by atoms with Gasteiger partial charge in [0.2, 0.25) is 11.7 Å². The maximum absolute atomic E-state index is 12.1. The van der Waals surface area contributed by atoms with Crippen molar-refractivity contribution in [3.8, 4) is 11.8 Å². The van der Waals surface area contributed by atoms with E-state index in [0.717, 1.165) is 12.1 Å². The molecule has 142 valence electrons. The highest BCUT2D eigenvalue weighted by molar-refractivity contribution is 5.97. The van der Waals surface area contributed by atoms with Crippen molar-refractivity contribution in [2.45, 2.75) is 51.5 Å². The number of rotatable bonds is 9. The first-order valence-corrected chi connectivity index (χ1v) is 9.15. The van der Waals surface area contributed by atoms with Crippen LogP contribution in [-0.2, 0) is 27.2 Å². The molecule has 0 saturated carbocycles. The Kier molecular flexibility index (Phi) is 7.75. The monoisotopic (exact) mass is 368 g/mol. The Labute approximate surface area is 159 Å². The number of pyridine rings is 1. The van der Waals surface area contributed by atoms with Crippen LogP contribution >= 0.6 is 0 Å². The molecule has 0 bridgehead atoms. The number of nitrogens with zero attached hydrogens (tertiary/aromatic N) is 2. The van der Waals surface area contributed by atoms with Crippen molar-refractivity contribution >= 4 is 17.7 Å². The maximum Gasteiger partial charge on any atom is 0.303 e. The summed E-state index contributed by atoms with van der Waals surface area (Å²) in [4.78, 5) is 40.2. The molecule has 1 saturated heterocycles. The third kappa shape index (κ3) is 6.70. The van der Waals surface area contributed by atoms with Crippen molar-refractivity contribution in [3.63, 3.8) is 0 Å². The lowest BCUT2D eigenvalue weighted by Gasteiger charge is -2.36. The van der Waals surface area contributed by atoms with E-state index in [9.17, 15) is 14.4 Å². The summed E-state index contributed by atoms with van der Waals surface area (Å²) in [6, 6.07) is 5.39. The topological polar surface area (TPSA) is 87.6 Å². The van der Waals surface area contributed by atoms with Crippen LogP contribution in [0.1, 0.15) is 44.0 Å². The second kappa shape index (κ2) is 10.3. The molecule has 6 heteroatoms. The van der Waals surface area contributed by atoms with E-state index in [2.05, 4.69) is 16.8 Å². The summed E-state index contributed by atoms with van der Waals surface area (Å²) in [5.74, 6) is 4.51. The summed E-state index contributed by atoms with van der Waals surface area (Å²) in [7, 11) is 0. The fourth-order valence-corrected chi connectivity index (χ4v) is 2.69. The third-order valence-corrected chi connectivity index (χ3v) is 4.24. The number of carbonyl (C=O) groups is 3. The van der Waals surface area contributed by atoms with Crippen molar-refractivity contribution < 1.29 is 19.5 Å². The van der Waals surface area contributed by atoms with Crippen LogP contribution in [0.5, 0.6) is 0 Å². The van der Waals surface area contributed by atoms with Gasteiger partial charge in [0.05, 0.1) is 12.8 Å². The van der Waals surface area contributed by atoms with E-state index >= 15 is 0 Å². The first kappa shape index (κ1) is 20.4. The van der Waals surface area contributed by atoms with Gasteiger partial charge in [-0.25, -0.2) is 0 Å². The molecule has 1 fully saturated rings. The normalized spacial score (nSPS) is 16.0. The molecule has 0 unspecified atom stereocenters. The summed E-state index contributed by atoms with van der Waals surface area (Å²) in [5.41, 5.74) is 1.65. The predicted molar refractivity (Wildman–Crippen MR) is 101 cm³/mol. The number of unbranched alkanes of at least 4 members (excludes halogenated alkanes) is 1. The molecule has 0 aliphatic carbocycles. The van der Waals surface area contributed by atoms with Gasteiger partial charge in [0.25, 0.3) is 0 Å². The van der Waals surface area contributed by atoms with Crippen molar-refractivity contribution in [1.29, 1.82) is 0 Å². The molecule has 1 amide bonds. The molecule has 1 N–H and O–H groups in total. The number of ketones is 1. The van der Waals surface area contributed by atoms with E-state index in [1.807, 2.05) is 37.3 Å². The smallest absolute Gasteiger partial charge is 0.303 e. The highest BCUT2D eigenvalue weighted by atomic mass is 16.4.